The van der Waals surface area contributed by atoms with Gasteiger partial charge in [0.25, 0.3) is 0 Å². The number of aryl methyl sites for hydroxylation is 2. The fraction of sp³-hybridized carbons (Fsp3) is 0.611. The van der Waals surface area contributed by atoms with Gasteiger partial charge >= 0.3 is 0 Å². The second-order valence-corrected chi connectivity index (χ2v) is 6.52. The summed E-state index contributed by atoms with van der Waals surface area (Å²) in [4.78, 5) is 12.5. The zero-order valence-electron chi connectivity index (χ0n) is 12.7. The molecule has 0 aliphatic heterocycles. The molecule has 2 rings (SSSR count). The van der Waals surface area contributed by atoms with Crippen LogP contribution in [0.15, 0.2) is 18.2 Å². The Kier molecular flexibility index (Phi) is 4.44. The van der Waals surface area contributed by atoms with Crippen LogP contribution in [0.25, 0.3) is 0 Å². The Hall–Kier alpha value is -1.11. The van der Waals surface area contributed by atoms with Gasteiger partial charge in [-0.1, -0.05) is 26.0 Å². The molecule has 1 aromatic rings. The molecule has 19 heavy (non-hydrogen) atoms. The summed E-state index contributed by atoms with van der Waals surface area (Å²) in [6.07, 6.45) is 4.60. The van der Waals surface area contributed by atoms with E-state index in [-0.39, 0.29) is 5.92 Å². The van der Waals surface area contributed by atoms with Crippen molar-refractivity contribution in [2.24, 2.45) is 17.8 Å². The number of Topliss-reactive ketones (excluding diaryl/α,β-unsaturated/α-hetero) is 1. The largest absolute Gasteiger partial charge is 0.294 e. The highest BCUT2D eigenvalue weighted by molar-refractivity contribution is 5.98. The summed E-state index contributed by atoms with van der Waals surface area (Å²) in [5, 5.41) is 0. The summed E-state index contributed by atoms with van der Waals surface area (Å²) in [6.45, 7) is 8.78. The van der Waals surface area contributed by atoms with Gasteiger partial charge in [0.1, 0.15) is 0 Å². The lowest BCUT2D eigenvalue weighted by molar-refractivity contribution is 0.0859. The highest BCUT2D eigenvalue weighted by Gasteiger charge is 2.28. The normalized spacial score (nSPS) is 23.6. The quantitative estimate of drug-likeness (QED) is 0.701. The molecule has 0 bridgehead atoms. The lowest BCUT2D eigenvalue weighted by atomic mass is 9.74. The molecule has 1 nitrogen and oxygen atoms in total. The average Bonchev–Trinajstić information content (AvgIpc) is 2.41. The van der Waals surface area contributed by atoms with E-state index in [9.17, 15) is 4.79 Å². The summed E-state index contributed by atoms with van der Waals surface area (Å²) in [6, 6.07) is 6.13. The molecule has 0 aromatic heterocycles. The van der Waals surface area contributed by atoms with Crippen LogP contribution < -0.4 is 0 Å². The molecule has 1 fully saturated rings. The summed E-state index contributed by atoms with van der Waals surface area (Å²) in [7, 11) is 0. The van der Waals surface area contributed by atoms with Gasteiger partial charge in [-0.3, -0.25) is 4.79 Å². The molecule has 104 valence electrons. The summed E-state index contributed by atoms with van der Waals surface area (Å²) in [5.41, 5.74) is 3.40. The lowest BCUT2D eigenvalue weighted by Gasteiger charge is -2.30. The van der Waals surface area contributed by atoms with Crippen molar-refractivity contribution >= 4 is 5.78 Å². The Morgan fingerprint density at radius 3 is 2.21 bits per heavy atom. The van der Waals surface area contributed by atoms with Gasteiger partial charge in [0.15, 0.2) is 5.78 Å². The Morgan fingerprint density at radius 2 is 1.68 bits per heavy atom. The first kappa shape index (κ1) is 14.3. The molecule has 1 heteroatoms. The first-order valence-electron chi connectivity index (χ1n) is 7.60. The van der Waals surface area contributed by atoms with Crippen molar-refractivity contribution in [1.82, 2.24) is 0 Å². The summed E-state index contributed by atoms with van der Waals surface area (Å²) >= 11 is 0. The van der Waals surface area contributed by atoms with E-state index < -0.39 is 0 Å². The van der Waals surface area contributed by atoms with Crippen LogP contribution >= 0.6 is 0 Å². The van der Waals surface area contributed by atoms with Gasteiger partial charge in [-0.25, -0.2) is 0 Å². The van der Waals surface area contributed by atoms with Crippen molar-refractivity contribution in [2.75, 3.05) is 0 Å². The van der Waals surface area contributed by atoms with E-state index in [1.807, 2.05) is 6.07 Å². The average molecular weight is 258 g/mol. The standard InChI is InChI=1S/C18H26O/c1-12(2)15-7-9-16(10-8-15)18(19)17-6-5-13(3)14(4)11-17/h5-6,11-12,15-16H,7-10H2,1-4H3. The highest BCUT2D eigenvalue weighted by Crippen LogP contribution is 2.34. The van der Waals surface area contributed by atoms with Crippen LogP contribution in [0.4, 0.5) is 0 Å². The van der Waals surface area contributed by atoms with Crippen molar-refractivity contribution in [3.63, 3.8) is 0 Å². The van der Waals surface area contributed by atoms with Crippen LogP contribution in [0, 0.1) is 31.6 Å². The van der Waals surface area contributed by atoms with Crippen LogP contribution in [-0.2, 0) is 0 Å². The maximum absolute atomic E-state index is 12.5. The molecule has 0 heterocycles. The number of hydrogen-bond acceptors (Lipinski definition) is 1. The Labute approximate surface area is 117 Å². The number of carbonyl (C=O) groups excluding carboxylic acids is 1. The molecule has 1 aromatic carbocycles. The van der Waals surface area contributed by atoms with Gasteiger partial charge in [-0.15, -0.1) is 0 Å². The third kappa shape index (κ3) is 3.26. The molecule has 1 aliphatic rings. The van der Waals surface area contributed by atoms with Crippen LogP contribution in [0.3, 0.4) is 0 Å². The van der Waals surface area contributed by atoms with E-state index in [1.54, 1.807) is 0 Å². The van der Waals surface area contributed by atoms with Crippen molar-refractivity contribution in [1.29, 1.82) is 0 Å². The van der Waals surface area contributed by atoms with Crippen LogP contribution in [0.1, 0.15) is 61.0 Å². The zero-order chi connectivity index (χ0) is 14.0. The van der Waals surface area contributed by atoms with Crippen LogP contribution in [0.2, 0.25) is 0 Å². The molecule has 0 spiro atoms. The second kappa shape index (κ2) is 5.90. The minimum Gasteiger partial charge on any atom is -0.294 e. The number of carbonyl (C=O) groups is 1. The highest BCUT2D eigenvalue weighted by atomic mass is 16.1. The maximum Gasteiger partial charge on any atom is 0.165 e. The van der Waals surface area contributed by atoms with Gasteiger partial charge < -0.3 is 0 Å². The maximum atomic E-state index is 12.5. The molecule has 0 radical (unpaired) electrons. The van der Waals surface area contributed by atoms with Gasteiger partial charge in [0.05, 0.1) is 0 Å². The van der Waals surface area contributed by atoms with Crippen molar-refractivity contribution in [3.05, 3.63) is 34.9 Å². The Balaban J connectivity index is 2.03. The van der Waals surface area contributed by atoms with Gasteiger partial charge in [0.2, 0.25) is 0 Å². The summed E-state index contributed by atoms with van der Waals surface area (Å²) in [5.74, 6) is 2.21. The van der Waals surface area contributed by atoms with Crippen molar-refractivity contribution < 1.29 is 4.79 Å². The second-order valence-electron chi connectivity index (χ2n) is 6.52. The minimum absolute atomic E-state index is 0.261. The molecule has 0 amide bonds. The van der Waals surface area contributed by atoms with E-state index in [0.717, 1.165) is 30.2 Å². The molecule has 0 atom stereocenters. The number of ketones is 1. The predicted octanol–water partition coefficient (Wildman–Crippen LogP) is 4.95. The number of hydrogen-bond donors (Lipinski definition) is 0. The van der Waals surface area contributed by atoms with Crippen molar-refractivity contribution in [3.8, 4) is 0 Å². The fourth-order valence-corrected chi connectivity index (χ4v) is 3.18. The van der Waals surface area contributed by atoms with E-state index in [2.05, 4.69) is 39.8 Å². The molecule has 1 saturated carbocycles. The zero-order valence-corrected chi connectivity index (χ0v) is 12.7. The first-order chi connectivity index (χ1) is 8.99. The van der Waals surface area contributed by atoms with E-state index in [1.165, 1.54) is 24.0 Å². The van der Waals surface area contributed by atoms with Gasteiger partial charge in [0, 0.05) is 11.5 Å². The Morgan fingerprint density at radius 1 is 1.05 bits per heavy atom. The van der Waals surface area contributed by atoms with E-state index in [4.69, 9.17) is 0 Å². The molecule has 0 saturated heterocycles. The third-order valence-electron chi connectivity index (χ3n) is 4.88. The van der Waals surface area contributed by atoms with E-state index in [0.29, 0.717) is 5.78 Å². The number of rotatable bonds is 3. The predicted molar refractivity (Wildman–Crippen MR) is 80.5 cm³/mol. The molecule has 1 aliphatic carbocycles. The summed E-state index contributed by atoms with van der Waals surface area (Å²) < 4.78 is 0. The molecular formula is C18H26O. The van der Waals surface area contributed by atoms with Crippen LogP contribution in [0.5, 0.6) is 0 Å². The smallest absolute Gasteiger partial charge is 0.165 e. The van der Waals surface area contributed by atoms with Crippen molar-refractivity contribution in [2.45, 2.75) is 53.4 Å². The van der Waals surface area contributed by atoms with Gasteiger partial charge in [-0.2, -0.15) is 0 Å². The molecular weight excluding hydrogens is 232 g/mol. The van der Waals surface area contributed by atoms with Crippen LogP contribution in [-0.4, -0.2) is 5.78 Å². The fourth-order valence-electron chi connectivity index (χ4n) is 3.18. The number of benzene rings is 1. The monoisotopic (exact) mass is 258 g/mol. The lowest BCUT2D eigenvalue weighted by Crippen LogP contribution is -2.24. The molecule has 0 N–H and O–H groups in total. The van der Waals surface area contributed by atoms with Gasteiger partial charge in [-0.05, 0) is 68.6 Å². The van der Waals surface area contributed by atoms with E-state index >= 15 is 0 Å². The minimum atomic E-state index is 0.261. The Bertz CT molecular complexity index is 451. The topological polar surface area (TPSA) is 17.1 Å². The molecule has 0 unspecified atom stereocenters. The SMILES string of the molecule is Cc1ccc(C(=O)C2CCC(C(C)C)CC2)cc1C. The third-order valence-corrected chi connectivity index (χ3v) is 4.88. The first-order valence-corrected chi connectivity index (χ1v) is 7.60.